The standard InChI is InChI=1S/C15H16/c1-11(2)10-13-9-8-12(3)14-6-4-5-7-15(13)14/h4-9H,1,10H2,2-3H3. The van der Waals surface area contributed by atoms with Crippen LogP contribution < -0.4 is 0 Å². The van der Waals surface area contributed by atoms with Gasteiger partial charge in [-0.05, 0) is 42.2 Å². The van der Waals surface area contributed by atoms with Crippen molar-refractivity contribution in [2.45, 2.75) is 20.3 Å². The van der Waals surface area contributed by atoms with Gasteiger partial charge in [-0.1, -0.05) is 48.6 Å². The molecular weight excluding hydrogens is 180 g/mol. The molecule has 0 atom stereocenters. The first kappa shape index (κ1) is 9.97. The second-order valence-corrected chi connectivity index (χ2v) is 4.22. The molecule has 0 aliphatic carbocycles. The van der Waals surface area contributed by atoms with Crippen LogP contribution >= 0.6 is 0 Å². The summed E-state index contributed by atoms with van der Waals surface area (Å²) in [6.45, 7) is 8.22. The number of fused-ring (bicyclic) bond motifs is 1. The van der Waals surface area contributed by atoms with Gasteiger partial charge in [0.15, 0.2) is 0 Å². The average Bonchev–Trinajstić information content (AvgIpc) is 2.22. The first-order chi connectivity index (χ1) is 7.18. The van der Waals surface area contributed by atoms with Crippen molar-refractivity contribution in [3.63, 3.8) is 0 Å². The summed E-state index contributed by atoms with van der Waals surface area (Å²) in [7, 11) is 0. The highest BCUT2D eigenvalue weighted by Crippen LogP contribution is 2.23. The first-order valence-corrected chi connectivity index (χ1v) is 5.30. The fourth-order valence-electron chi connectivity index (χ4n) is 1.99. The second-order valence-electron chi connectivity index (χ2n) is 4.22. The molecule has 0 nitrogen and oxygen atoms in total. The highest BCUT2D eigenvalue weighted by atomic mass is 14.1. The van der Waals surface area contributed by atoms with Gasteiger partial charge in [0.2, 0.25) is 0 Å². The normalized spacial score (nSPS) is 10.5. The third-order valence-electron chi connectivity index (χ3n) is 2.72. The molecule has 0 amide bonds. The minimum absolute atomic E-state index is 0.973. The Hall–Kier alpha value is -1.56. The molecule has 0 aromatic heterocycles. The number of hydrogen-bond acceptors (Lipinski definition) is 0. The first-order valence-electron chi connectivity index (χ1n) is 5.30. The van der Waals surface area contributed by atoms with E-state index in [1.54, 1.807) is 0 Å². The molecule has 0 bridgehead atoms. The molecule has 0 fully saturated rings. The van der Waals surface area contributed by atoms with Gasteiger partial charge >= 0.3 is 0 Å². The van der Waals surface area contributed by atoms with Crippen LogP contribution in [0.3, 0.4) is 0 Å². The molecule has 15 heavy (non-hydrogen) atoms. The van der Waals surface area contributed by atoms with E-state index in [4.69, 9.17) is 0 Å². The van der Waals surface area contributed by atoms with Gasteiger partial charge in [-0.3, -0.25) is 0 Å². The number of hydrogen-bond donors (Lipinski definition) is 0. The van der Waals surface area contributed by atoms with Gasteiger partial charge < -0.3 is 0 Å². The summed E-state index contributed by atoms with van der Waals surface area (Å²) in [5, 5.41) is 2.72. The Balaban J connectivity index is 2.66. The molecule has 0 spiro atoms. The van der Waals surface area contributed by atoms with E-state index in [1.807, 2.05) is 0 Å². The number of rotatable bonds is 2. The maximum Gasteiger partial charge on any atom is -0.00664 e. The van der Waals surface area contributed by atoms with Crippen molar-refractivity contribution in [1.29, 1.82) is 0 Å². The molecule has 0 heterocycles. The van der Waals surface area contributed by atoms with Crippen molar-refractivity contribution in [1.82, 2.24) is 0 Å². The summed E-state index contributed by atoms with van der Waals surface area (Å²) in [4.78, 5) is 0. The average molecular weight is 196 g/mol. The van der Waals surface area contributed by atoms with Crippen LogP contribution in [0.2, 0.25) is 0 Å². The van der Waals surface area contributed by atoms with Crippen LogP contribution in [0.5, 0.6) is 0 Å². The van der Waals surface area contributed by atoms with Gasteiger partial charge in [0.05, 0.1) is 0 Å². The van der Waals surface area contributed by atoms with Crippen molar-refractivity contribution in [3.05, 3.63) is 59.7 Å². The highest BCUT2D eigenvalue weighted by Gasteiger charge is 2.02. The zero-order chi connectivity index (χ0) is 10.8. The summed E-state index contributed by atoms with van der Waals surface area (Å²) in [6.07, 6.45) is 0.973. The summed E-state index contributed by atoms with van der Waals surface area (Å²) in [5.74, 6) is 0. The smallest absolute Gasteiger partial charge is 0.00664 e. The van der Waals surface area contributed by atoms with E-state index in [0.717, 1.165) is 6.42 Å². The molecule has 0 aliphatic rings. The lowest BCUT2D eigenvalue weighted by atomic mass is 9.97. The van der Waals surface area contributed by atoms with Crippen molar-refractivity contribution < 1.29 is 0 Å². The molecule has 0 saturated carbocycles. The molecule has 0 unspecified atom stereocenters. The summed E-state index contributed by atoms with van der Waals surface area (Å²) in [6, 6.07) is 13.0. The molecule has 2 aromatic carbocycles. The van der Waals surface area contributed by atoms with Crippen LogP contribution in [-0.4, -0.2) is 0 Å². The van der Waals surface area contributed by atoms with E-state index < -0.39 is 0 Å². The minimum Gasteiger partial charge on any atom is -0.0998 e. The predicted octanol–water partition coefficient (Wildman–Crippen LogP) is 4.27. The third-order valence-corrected chi connectivity index (χ3v) is 2.72. The number of allylic oxidation sites excluding steroid dienone is 1. The minimum atomic E-state index is 0.973. The Labute approximate surface area is 91.2 Å². The molecule has 0 radical (unpaired) electrons. The largest absolute Gasteiger partial charge is 0.0998 e. The zero-order valence-electron chi connectivity index (χ0n) is 9.38. The molecule has 0 saturated heterocycles. The van der Waals surface area contributed by atoms with Gasteiger partial charge in [0.25, 0.3) is 0 Å². The van der Waals surface area contributed by atoms with E-state index in [1.165, 1.54) is 27.5 Å². The van der Waals surface area contributed by atoms with E-state index in [-0.39, 0.29) is 0 Å². The van der Waals surface area contributed by atoms with Crippen molar-refractivity contribution in [2.24, 2.45) is 0 Å². The van der Waals surface area contributed by atoms with Gasteiger partial charge in [-0.2, -0.15) is 0 Å². The summed E-state index contributed by atoms with van der Waals surface area (Å²) < 4.78 is 0. The lowest BCUT2D eigenvalue weighted by Gasteiger charge is -2.08. The van der Waals surface area contributed by atoms with Crippen molar-refractivity contribution in [2.75, 3.05) is 0 Å². The third kappa shape index (κ3) is 1.94. The van der Waals surface area contributed by atoms with Gasteiger partial charge in [0.1, 0.15) is 0 Å². The maximum absolute atomic E-state index is 3.98. The SMILES string of the molecule is C=C(C)Cc1ccc(C)c2ccccc12. The van der Waals surface area contributed by atoms with Crippen molar-refractivity contribution >= 4 is 10.8 Å². The molecule has 0 aliphatic heterocycles. The fraction of sp³-hybridized carbons (Fsp3) is 0.200. The Morgan fingerprint density at radius 2 is 1.73 bits per heavy atom. The topological polar surface area (TPSA) is 0 Å². The number of benzene rings is 2. The van der Waals surface area contributed by atoms with Crippen LogP contribution in [0.1, 0.15) is 18.1 Å². The summed E-state index contributed by atoms with van der Waals surface area (Å²) >= 11 is 0. The molecule has 2 rings (SSSR count). The molecule has 76 valence electrons. The van der Waals surface area contributed by atoms with Gasteiger partial charge in [-0.15, -0.1) is 0 Å². The lowest BCUT2D eigenvalue weighted by Crippen LogP contribution is -1.89. The van der Waals surface area contributed by atoms with Crippen molar-refractivity contribution in [3.8, 4) is 0 Å². The Kier molecular flexibility index (Phi) is 2.59. The van der Waals surface area contributed by atoms with Crippen LogP contribution in [0.4, 0.5) is 0 Å². The van der Waals surface area contributed by atoms with Gasteiger partial charge in [-0.25, -0.2) is 0 Å². The molecule has 0 heteroatoms. The Bertz CT molecular complexity index is 506. The van der Waals surface area contributed by atoms with Gasteiger partial charge in [0, 0.05) is 0 Å². The van der Waals surface area contributed by atoms with Crippen LogP contribution in [0.25, 0.3) is 10.8 Å². The molecular formula is C15H16. The Morgan fingerprint density at radius 3 is 2.40 bits per heavy atom. The summed E-state index contributed by atoms with van der Waals surface area (Å²) in [5.41, 5.74) is 3.93. The molecule has 2 aromatic rings. The van der Waals surface area contributed by atoms with E-state index >= 15 is 0 Å². The number of aryl methyl sites for hydroxylation is 1. The zero-order valence-corrected chi connectivity index (χ0v) is 9.38. The van der Waals surface area contributed by atoms with E-state index in [2.05, 4.69) is 56.8 Å². The van der Waals surface area contributed by atoms with Crippen LogP contribution in [-0.2, 0) is 6.42 Å². The van der Waals surface area contributed by atoms with E-state index in [0.29, 0.717) is 0 Å². The van der Waals surface area contributed by atoms with E-state index in [9.17, 15) is 0 Å². The quantitative estimate of drug-likeness (QED) is 0.629. The highest BCUT2D eigenvalue weighted by molar-refractivity contribution is 5.88. The maximum atomic E-state index is 3.98. The molecule has 0 N–H and O–H groups in total. The van der Waals surface area contributed by atoms with Crippen LogP contribution in [0, 0.1) is 6.92 Å². The monoisotopic (exact) mass is 196 g/mol. The lowest BCUT2D eigenvalue weighted by molar-refractivity contribution is 1.17. The van der Waals surface area contributed by atoms with Crippen LogP contribution in [0.15, 0.2) is 48.6 Å². The fourth-order valence-corrected chi connectivity index (χ4v) is 1.99. The second kappa shape index (κ2) is 3.90. The predicted molar refractivity (Wildman–Crippen MR) is 67.2 cm³/mol. The Morgan fingerprint density at radius 1 is 1.07 bits per heavy atom.